The number of aliphatic hydroxyl groups is 1. The Labute approximate surface area is 136 Å². The van der Waals surface area contributed by atoms with E-state index >= 15 is 0 Å². The molecule has 4 rings (SSSR count). The third-order valence-corrected chi connectivity index (χ3v) is 5.58. The fourth-order valence-electron chi connectivity index (χ4n) is 5.44. The molecule has 4 saturated carbocycles. The normalized spacial score (nSPS) is 41.8. The predicted molar refractivity (Wildman–Crippen MR) is 82.7 cm³/mol. The molecule has 0 saturated heterocycles. The van der Waals surface area contributed by atoms with Crippen molar-refractivity contribution in [3.8, 4) is 0 Å². The first-order chi connectivity index (χ1) is 10.5. The van der Waals surface area contributed by atoms with E-state index in [0.29, 0.717) is 24.7 Å². The largest absolute Gasteiger partial charge is 0.480 e. The average molecular weight is 325 g/mol. The van der Waals surface area contributed by atoms with Crippen LogP contribution in [0.15, 0.2) is 0 Å². The molecule has 0 amide bonds. The minimum Gasteiger partial charge on any atom is -0.480 e. The van der Waals surface area contributed by atoms with Crippen LogP contribution in [0.2, 0.25) is 0 Å². The van der Waals surface area contributed by atoms with Crippen LogP contribution in [0.1, 0.15) is 52.9 Å². The van der Waals surface area contributed by atoms with Crippen LogP contribution in [0.3, 0.4) is 0 Å². The zero-order valence-electron chi connectivity index (χ0n) is 14.1. The van der Waals surface area contributed by atoms with Crippen molar-refractivity contribution in [2.24, 2.45) is 17.8 Å². The Morgan fingerprint density at radius 3 is 2.22 bits per heavy atom. The maximum Gasteiger partial charge on any atom is 0.317 e. The average Bonchev–Trinajstić information content (AvgIpc) is 2.31. The van der Waals surface area contributed by atoms with Gasteiger partial charge in [0.25, 0.3) is 0 Å². The van der Waals surface area contributed by atoms with Crippen molar-refractivity contribution in [3.63, 3.8) is 0 Å². The number of hydrogen-bond donors (Lipinski definition) is 3. The molecular formula is C17H27NO5. The van der Waals surface area contributed by atoms with E-state index in [2.05, 4.69) is 5.32 Å². The Hall–Kier alpha value is -1.14. The van der Waals surface area contributed by atoms with Crippen molar-refractivity contribution in [1.82, 2.24) is 5.32 Å². The van der Waals surface area contributed by atoms with Gasteiger partial charge >= 0.3 is 11.9 Å². The molecule has 4 fully saturated rings. The summed E-state index contributed by atoms with van der Waals surface area (Å²) >= 11 is 0. The highest BCUT2D eigenvalue weighted by atomic mass is 16.6. The van der Waals surface area contributed by atoms with Crippen LogP contribution in [0.5, 0.6) is 0 Å². The fourth-order valence-corrected chi connectivity index (χ4v) is 5.44. The summed E-state index contributed by atoms with van der Waals surface area (Å²) in [5.41, 5.74) is -2.35. The van der Waals surface area contributed by atoms with E-state index < -0.39 is 34.6 Å². The summed E-state index contributed by atoms with van der Waals surface area (Å²) < 4.78 is 5.57. The Morgan fingerprint density at radius 1 is 1.17 bits per heavy atom. The highest BCUT2D eigenvalue weighted by Gasteiger charge is 2.66. The molecule has 130 valence electrons. The molecule has 0 unspecified atom stereocenters. The summed E-state index contributed by atoms with van der Waals surface area (Å²) in [4.78, 5) is 23.9. The molecule has 0 aromatic carbocycles. The first-order valence-electron chi connectivity index (χ1n) is 8.45. The van der Waals surface area contributed by atoms with E-state index in [0.717, 1.165) is 19.3 Å². The molecule has 4 aliphatic carbocycles. The summed E-state index contributed by atoms with van der Waals surface area (Å²) in [6.45, 7) is 5.22. The highest BCUT2D eigenvalue weighted by molar-refractivity contribution is 5.77. The molecule has 6 heteroatoms. The molecule has 0 spiro atoms. The van der Waals surface area contributed by atoms with Crippen LogP contribution < -0.4 is 5.32 Å². The molecule has 3 N–H and O–H groups in total. The monoisotopic (exact) mass is 325 g/mol. The van der Waals surface area contributed by atoms with E-state index in [9.17, 15) is 14.7 Å². The smallest absolute Gasteiger partial charge is 0.317 e. The number of ether oxygens (including phenoxy) is 1. The Balaban J connectivity index is 1.92. The van der Waals surface area contributed by atoms with Crippen molar-refractivity contribution < 1.29 is 24.5 Å². The Kier molecular flexibility index (Phi) is 3.76. The topological polar surface area (TPSA) is 95.9 Å². The third-order valence-electron chi connectivity index (χ3n) is 5.58. The lowest BCUT2D eigenvalue weighted by Gasteiger charge is -2.63. The van der Waals surface area contributed by atoms with Gasteiger partial charge in [0.15, 0.2) is 0 Å². The van der Waals surface area contributed by atoms with Crippen LogP contribution in [0.4, 0.5) is 0 Å². The molecule has 0 aromatic rings. The van der Waals surface area contributed by atoms with E-state index in [-0.39, 0.29) is 6.54 Å². The standard InChI is InChI=1S/C17H27NO5/c1-15(2,3)23-14(21)13-16(18-9-12(19)20)5-10-4-11(6-16)8-17(13,22)7-10/h10-11,13,18,22H,4-9H2,1-3H3,(H,19,20)/t10-,11-,13-,16?,17?/m1/s1. The molecule has 0 aliphatic heterocycles. The maximum atomic E-state index is 12.8. The summed E-state index contributed by atoms with van der Waals surface area (Å²) in [6, 6.07) is 0. The molecule has 0 radical (unpaired) electrons. The number of aliphatic carboxylic acids is 1. The number of nitrogens with one attached hydrogen (secondary N) is 1. The van der Waals surface area contributed by atoms with Crippen LogP contribution >= 0.6 is 0 Å². The van der Waals surface area contributed by atoms with Gasteiger partial charge in [0.05, 0.1) is 12.1 Å². The molecule has 6 nitrogen and oxygen atoms in total. The maximum absolute atomic E-state index is 12.8. The predicted octanol–water partition coefficient (Wildman–Crippen LogP) is 1.31. The number of carbonyl (C=O) groups is 2. The second kappa shape index (κ2) is 5.18. The molecule has 0 heterocycles. The second-order valence-corrected chi connectivity index (χ2v) is 8.76. The van der Waals surface area contributed by atoms with Gasteiger partial charge < -0.3 is 20.3 Å². The van der Waals surface area contributed by atoms with E-state index in [1.165, 1.54) is 0 Å². The van der Waals surface area contributed by atoms with Gasteiger partial charge in [-0.25, -0.2) is 0 Å². The van der Waals surface area contributed by atoms with Crippen LogP contribution in [0.25, 0.3) is 0 Å². The van der Waals surface area contributed by atoms with E-state index in [1.807, 2.05) is 20.8 Å². The van der Waals surface area contributed by atoms with Crippen molar-refractivity contribution in [2.45, 2.75) is 69.6 Å². The van der Waals surface area contributed by atoms with E-state index in [1.54, 1.807) is 0 Å². The molecule has 3 atom stereocenters. The van der Waals surface area contributed by atoms with Crippen LogP contribution in [-0.2, 0) is 14.3 Å². The number of carboxylic acid groups (broad SMARTS) is 1. The lowest BCUT2D eigenvalue weighted by molar-refractivity contribution is -0.215. The third kappa shape index (κ3) is 2.98. The number of carbonyl (C=O) groups excluding carboxylic acids is 1. The van der Waals surface area contributed by atoms with Crippen molar-refractivity contribution in [3.05, 3.63) is 0 Å². The molecule has 23 heavy (non-hydrogen) atoms. The Bertz CT molecular complexity index is 510. The number of hydrogen-bond acceptors (Lipinski definition) is 5. The van der Waals surface area contributed by atoms with Crippen molar-refractivity contribution in [2.75, 3.05) is 6.54 Å². The van der Waals surface area contributed by atoms with Gasteiger partial charge in [-0.05, 0) is 64.7 Å². The quantitative estimate of drug-likeness (QED) is 0.675. The summed E-state index contributed by atoms with van der Waals surface area (Å²) in [5, 5.41) is 23.3. The van der Waals surface area contributed by atoms with Crippen LogP contribution in [0, 0.1) is 17.8 Å². The summed E-state index contributed by atoms with van der Waals surface area (Å²) in [6.07, 6.45) is 3.78. The van der Waals surface area contributed by atoms with Crippen molar-refractivity contribution >= 4 is 11.9 Å². The number of rotatable bonds is 4. The molecule has 0 aromatic heterocycles. The second-order valence-electron chi connectivity index (χ2n) is 8.76. The SMILES string of the molecule is CC(C)(C)OC(=O)[C@H]1C2(O)C[C@@H]3C[C@@H](C2)CC1(NCC(=O)O)C3. The van der Waals surface area contributed by atoms with Gasteiger partial charge in [-0.1, -0.05) is 0 Å². The summed E-state index contributed by atoms with van der Waals surface area (Å²) in [5.74, 6) is -1.34. The van der Waals surface area contributed by atoms with Gasteiger partial charge in [-0.3, -0.25) is 9.59 Å². The number of carboxylic acids is 1. The first-order valence-corrected chi connectivity index (χ1v) is 8.45. The Morgan fingerprint density at radius 2 is 1.74 bits per heavy atom. The highest BCUT2D eigenvalue weighted by Crippen LogP contribution is 2.60. The lowest BCUT2D eigenvalue weighted by Crippen LogP contribution is -2.73. The van der Waals surface area contributed by atoms with Gasteiger partial charge in [0, 0.05) is 5.54 Å². The number of esters is 1. The minimum atomic E-state index is -1.07. The van der Waals surface area contributed by atoms with Crippen LogP contribution in [-0.4, -0.2) is 45.4 Å². The first kappa shape index (κ1) is 16.7. The van der Waals surface area contributed by atoms with Gasteiger partial charge in [0.1, 0.15) is 11.5 Å². The van der Waals surface area contributed by atoms with Gasteiger partial charge in [-0.15, -0.1) is 0 Å². The lowest BCUT2D eigenvalue weighted by atomic mass is 9.46. The van der Waals surface area contributed by atoms with Crippen molar-refractivity contribution in [1.29, 1.82) is 0 Å². The molecule has 4 aliphatic rings. The van der Waals surface area contributed by atoms with Gasteiger partial charge in [-0.2, -0.15) is 0 Å². The zero-order chi connectivity index (χ0) is 17.0. The fraction of sp³-hybridized carbons (Fsp3) is 0.882. The molecular weight excluding hydrogens is 298 g/mol. The van der Waals surface area contributed by atoms with E-state index in [4.69, 9.17) is 9.84 Å². The van der Waals surface area contributed by atoms with Gasteiger partial charge in [0.2, 0.25) is 0 Å². The molecule has 4 bridgehead atoms. The zero-order valence-corrected chi connectivity index (χ0v) is 14.1. The summed E-state index contributed by atoms with van der Waals surface area (Å²) in [7, 11) is 0. The minimum absolute atomic E-state index is 0.200.